The van der Waals surface area contributed by atoms with Crippen LogP contribution in [0.5, 0.6) is 0 Å². The summed E-state index contributed by atoms with van der Waals surface area (Å²) in [5.74, 6) is 0. The zero-order chi connectivity index (χ0) is 44.3. The molecule has 0 bridgehead atoms. The highest BCUT2D eigenvalue weighted by Gasteiger charge is 2.46. The van der Waals surface area contributed by atoms with Crippen molar-refractivity contribution in [1.29, 1.82) is 0 Å². The fourth-order valence-electron chi connectivity index (χ4n) is 10.1. The summed E-state index contributed by atoms with van der Waals surface area (Å²) >= 11 is 1.91. The minimum Gasteiger partial charge on any atom is -0.376 e. The molecule has 0 N–H and O–H groups in total. The zero-order valence-corrected chi connectivity index (χ0v) is 39.4. The second-order valence-electron chi connectivity index (χ2n) is 21.1. The summed E-state index contributed by atoms with van der Waals surface area (Å²) < 4.78 is 2.63. The first kappa shape index (κ1) is 40.4. The maximum absolute atomic E-state index is 2.66. The third-order valence-electron chi connectivity index (χ3n) is 13.7. The number of thiophene rings is 1. The lowest BCUT2D eigenvalue weighted by atomic mass is 9.43. The molecule has 64 heavy (non-hydrogen) atoms. The van der Waals surface area contributed by atoms with Crippen molar-refractivity contribution in [1.82, 2.24) is 0 Å². The van der Waals surface area contributed by atoms with E-state index in [1.165, 1.54) is 110 Å². The highest BCUT2D eigenvalue weighted by atomic mass is 32.1. The molecular formula is C60H55BN2S. The number of hydrogen-bond donors (Lipinski definition) is 0. The quantitative estimate of drug-likeness (QED) is 0.163. The predicted octanol–water partition coefficient (Wildman–Crippen LogP) is 16.0. The van der Waals surface area contributed by atoms with Gasteiger partial charge in [-0.25, -0.2) is 0 Å². The summed E-state index contributed by atoms with van der Waals surface area (Å²) in [7, 11) is 0. The van der Waals surface area contributed by atoms with E-state index in [1.54, 1.807) is 0 Å². The molecule has 0 radical (unpaired) electrons. The van der Waals surface area contributed by atoms with E-state index in [1.807, 2.05) is 11.3 Å². The first-order chi connectivity index (χ1) is 30.6. The summed E-state index contributed by atoms with van der Waals surface area (Å²) in [4.78, 5) is 5.31. The maximum atomic E-state index is 2.66. The van der Waals surface area contributed by atoms with Gasteiger partial charge in [0.2, 0.25) is 0 Å². The molecule has 2 aliphatic rings. The van der Waals surface area contributed by atoms with Gasteiger partial charge in [-0.1, -0.05) is 172 Å². The molecule has 0 spiro atoms. The van der Waals surface area contributed by atoms with Crippen molar-refractivity contribution in [3.8, 4) is 33.4 Å². The lowest BCUT2D eigenvalue weighted by molar-refractivity contribution is 0.590. The van der Waals surface area contributed by atoms with Gasteiger partial charge in [-0.2, -0.15) is 0 Å². The second-order valence-corrected chi connectivity index (χ2v) is 22.1. The van der Waals surface area contributed by atoms with Crippen LogP contribution in [-0.2, 0) is 16.2 Å². The summed E-state index contributed by atoms with van der Waals surface area (Å²) in [5.41, 5.74) is 20.1. The Labute approximate surface area is 384 Å². The third-order valence-corrected chi connectivity index (χ3v) is 14.8. The van der Waals surface area contributed by atoms with Gasteiger partial charge in [0.15, 0.2) is 0 Å². The molecule has 1 aromatic heterocycles. The topological polar surface area (TPSA) is 6.48 Å². The molecule has 0 atom stereocenters. The van der Waals surface area contributed by atoms with Crippen LogP contribution in [0.3, 0.4) is 0 Å². The van der Waals surface area contributed by atoms with Crippen molar-refractivity contribution in [2.24, 2.45) is 0 Å². The van der Waals surface area contributed by atoms with E-state index in [2.05, 4.69) is 242 Å². The number of nitrogens with zero attached hydrogens (tertiary/aromatic N) is 2. The molecule has 0 saturated carbocycles. The van der Waals surface area contributed by atoms with Gasteiger partial charge in [0.1, 0.15) is 0 Å². The molecule has 9 aromatic rings. The number of hydrogen-bond acceptors (Lipinski definition) is 3. The Morgan fingerprint density at radius 1 is 0.391 bits per heavy atom. The minimum absolute atomic E-state index is 0.0246. The van der Waals surface area contributed by atoms with Gasteiger partial charge in [-0.05, 0) is 127 Å². The van der Waals surface area contributed by atoms with Gasteiger partial charge in [0.05, 0.1) is 5.69 Å². The summed E-state index contributed by atoms with van der Waals surface area (Å²) in [6.45, 7) is 20.9. The van der Waals surface area contributed by atoms with Crippen LogP contribution in [-0.4, -0.2) is 6.85 Å². The lowest BCUT2D eigenvalue weighted by Gasteiger charge is -2.47. The Hall–Kier alpha value is -6.36. The monoisotopic (exact) mass is 846 g/mol. The average Bonchev–Trinajstić information content (AvgIpc) is 3.65. The summed E-state index contributed by atoms with van der Waals surface area (Å²) in [6, 6.07) is 64.8. The van der Waals surface area contributed by atoms with Crippen LogP contribution in [0, 0.1) is 0 Å². The molecule has 3 heterocycles. The van der Waals surface area contributed by atoms with E-state index < -0.39 is 0 Å². The molecule has 2 aliphatic heterocycles. The van der Waals surface area contributed by atoms with Gasteiger partial charge < -0.3 is 9.71 Å². The summed E-state index contributed by atoms with van der Waals surface area (Å²) in [5, 5.41) is 2.61. The Morgan fingerprint density at radius 3 is 1.69 bits per heavy atom. The Morgan fingerprint density at radius 2 is 1.00 bits per heavy atom. The van der Waals surface area contributed by atoms with Gasteiger partial charge >= 0.3 is 6.85 Å². The first-order valence-corrected chi connectivity index (χ1v) is 23.7. The number of anilines is 5. The van der Waals surface area contributed by atoms with Crippen molar-refractivity contribution in [2.75, 3.05) is 9.71 Å². The average molecular weight is 847 g/mol. The standard InChI is InChI=1S/C60H55BN2S/c1-58(2,3)41-25-28-44(29-26-41)63-52-30-24-40(38-18-12-10-13-19-38)32-47(52)49-34-43(60(7,8)9)35-54-57(49)61(63)50-37-56-48(45-22-16-17-23-55(45)64-56)36-53(50)62(54)51-31-27-42(59(4,5)6)33-46(51)39-20-14-11-15-21-39/h10-37H,1-9H3. The van der Waals surface area contributed by atoms with Crippen molar-refractivity contribution < 1.29 is 0 Å². The largest absolute Gasteiger partial charge is 0.376 e. The molecule has 0 unspecified atom stereocenters. The fourth-order valence-corrected chi connectivity index (χ4v) is 11.3. The molecule has 11 rings (SSSR count). The molecule has 314 valence electrons. The van der Waals surface area contributed by atoms with Crippen LogP contribution in [0.1, 0.15) is 79.0 Å². The first-order valence-electron chi connectivity index (χ1n) is 22.9. The molecule has 0 amide bonds. The van der Waals surface area contributed by atoms with Crippen molar-refractivity contribution >= 4 is 77.7 Å². The van der Waals surface area contributed by atoms with Crippen LogP contribution in [0.25, 0.3) is 53.6 Å². The van der Waals surface area contributed by atoms with Crippen molar-refractivity contribution in [3.63, 3.8) is 0 Å². The number of fused-ring (bicyclic) bond motifs is 7. The van der Waals surface area contributed by atoms with Gasteiger partial charge in [0, 0.05) is 54.0 Å². The molecule has 2 nitrogen and oxygen atoms in total. The Bertz CT molecular complexity index is 3270. The van der Waals surface area contributed by atoms with Crippen molar-refractivity contribution in [3.05, 3.63) is 187 Å². The van der Waals surface area contributed by atoms with Crippen LogP contribution in [0.4, 0.5) is 28.4 Å². The van der Waals surface area contributed by atoms with Gasteiger partial charge in [0.25, 0.3) is 0 Å². The molecule has 0 aliphatic carbocycles. The maximum Gasteiger partial charge on any atom is 0.333 e. The molecule has 4 heteroatoms. The molecule has 0 fully saturated rings. The third kappa shape index (κ3) is 6.60. The zero-order valence-electron chi connectivity index (χ0n) is 38.5. The van der Waals surface area contributed by atoms with E-state index in [0.717, 1.165) is 0 Å². The fraction of sp³-hybridized carbons (Fsp3) is 0.200. The SMILES string of the molecule is CC(C)(C)c1ccc(N2B3c4cc5sc6ccccc6c5cc4N(c4ccc(C(C)(C)C)cc4-c4ccccc4)c4cc(C(C)(C)C)cc(c43)-c3cc(-c4ccccc4)ccc32)cc1. The minimum atomic E-state index is -0.115. The number of rotatable bonds is 4. The van der Waals surface area contributed by atoms with E-state index in [9.17, 15) is 0 Å². The highest BCUT2D eigenvalue weighted by molar-refractivity contribution is 7.26. The number of benzene rings is 8. The van der Waals surface area contributed by atoms with E-state index >= 15 is 0 Å². The molecular weight excluding hydrogens is 792 g/mol. The Kier molecular flexibility index (Phi) is 9.21. The predicted molar refractivity (Wildman–Crippen MR) is 280 cm³/mol. The van der Waals surface area contributed by atoms with Crippen LogP contribution >= 0.6 is 11.3 Å². The normalized spacial score (nSPS) is 13.6. The molecule has 8 aromatic carbocycles. The van der Waals surface area contributed by atoms with Crippen LogP contribution < -0.4 is 20.6 Å². The van der Waals surface area contributed by atoms with Crippen molar-refractivity contribution in [2.45, 2.75) is 78.6 Å². The van der Waals surface area contributed by atoms with Gasteiger partial charge in [-0.3, -0.25) is 0 Å². The van der Waals surface area contributed by atoms with E-state index in [-0.39, 0.29) is 23.1 Å². The second kappa shape index (κ2) is 14.6. The highest BCUT2D eigenvalue weighted by Crippen LogP contribution is 2.52. The van der Waals surface area contributed by atoms with Crippen LogP contribution in [0.15, 0.2) is 170 Å². The van der Waals surface area contributed by atoms with Gasteiger partial charge in [-0.15, -0.1) is 11.3 Å². The smallest absolute Gasteiger partial charge is 0.333 e. The van der Waals surface area contributed by atoms with E-state index in [0.29, 0.717) is 0 Å². The lowest BCUT2D eigenvalue weighted by Crippen LogP contribution is -2.61. The van der Waals surface area contributed by atoms with E-state index in [4.69, 9.17) is 0 Å². The molecule has 0 saturated heterocycles. The Balaban J connectivity index is 1.29. The van der Waals surface area contributed by atoms with Crippen LogP contribution in [0.2, 0.25) is 0 Å². The summed E-state index contributed by atoms with van der Waals surface area (Å²) in [6.07, 6.45) is 0.